The Morgan fingerprint density at radius 3 is 2.72 bits per heavy atom. The average Bonchev–Trinajstić information content (AvgIpc) is 3.01. The van der Waals surface area contributed by atoms with Crippen LogP contribution in [0.25, 0.3) is 0 Å². The molecule has 0 bridgehead atoms. The Balaban J connectivity index is 1.51. The van der Waals surface area contributed by atoms with Gasteiger partial charge < -0.3 is 9.47 Å². The van der Waals surface area contributed by atoms with Crippen LogP contribution in [0, 0.1) is 11.3 Å². The average molecular weight is 253 g/mol. The Labute approximate surface area is 109 Å². The first-order valence-corrected chi connectivity index (χ1v) is 7.18. The van der Waals surface area contributed by atoms with Gasteiger partial charge in [-0.05, 0) is 37.6 Å². The van der Waals surface area contributed by atoms with Crippen LogP contribution in [0.2, 0.25) is 0 Å². The van der Waals surface area contributed by atoms with E-state index in [1.54, 1.807) is 0 Å². The lowest BCUT2D eigenvalue weighted by Crippen LogP contribution is -2.36. The summed E-state index contributed by atoms with van der Waals surface area (Å²) >= 11 is 0. The predicted molar refractivity (Wildman–Crippen MR) is 67.5 cm³/mol. The van der Waals surface area contributed by atoms with Gasteiger partial charge in [-0.2, -0.15) is 0 Å². The molecule has 0 aliphatic carbocycles. The molecular formula is C14H23NO3. The van der Waals surface area contributed by atoms with Crippen LogP contribution in [0.3, 0.4) is 0 Å². The van der Waals surface area contributed by atoms with Crippen LogP contribution in [0.15, 0.2) is 0 Å². The Morgan fingerprint density at radius 2 is 2.00 bits per heavy atom. The number of Topliss-reactive ketones (excluding diaryl/α,β-unsaturated/α-hetero) is 1. The molecular weight excluding hydrogens is 230 g/mol. The van der Waals surface area contributed by atoms with Crippen molar-refractivity contribution in [2.75, 3.05) is 46.1 Å². The highest BCUT2D eigenvalue weighted by molar-refractivity contribution is 5.83. The van der Waals surface area contributed by atoms with Crippen LogP contribution in [-0.4, -0.2) is 56.7 Å². The van der Waals surface area contributed by atoms with Gasteiger partial charge in [0.05, 0.1) is 13.2 Å². The van der Waals surface area contributed by atoms with Gasteiger partial charge in [-0.3, -0.25) is 9.69 Å². The molecule has 3 aliphatic heterocycles. The topological polar surface area (TPSA) is 38.8 Å². The third-order valence-electron chi connectivity index (χ3n) is 4.84. The smallest absolute Gasteiger partial charge is 0.152 e. The number of carbonyl (C=O) groups excluding carboxylic acids is 1. The maximum absolute atomic E-state index is 12.1. The number of nitrogens with zero attached hydrogens (tertiary/aromatic N) is 1. The minimum Gasteiger partial charge on any atom is -0.381 e. The number of hydrogen-bond donors (Lipinski definition) is 0. The molecule has 1 atom stereocenters. The second-order valence-electron chi connectivity index (χ2n) is 6.10. The van der Waals surface area contributed by atoms with E-state index in [1.165, 1.54) is 19.3 Å². The molecule has 3 aliphatic rings. The molecule has 18 heavy (non-hydrogen) atoms. The molecule has 1 spiro atoms. The van der Waals surface area contributed by atoms with Gasteiger partial charge in [-0.1, -0.05) is 0 Å². The van der Waals surface area contributed by atoms with Gasteiger partial charge in [0, 0.05) is 32.3 Å². The van der Waals surface area contributed by atoms with E-state index in [0.29, 0.717) is 24.3 Å². The fraction of sp³-hybridized carbons (Fsp3) is 0.929. The van der Waals surface area contributed by atoms with E-state index in [1.807, 2.05) is 0 Å². The second-order valence-corrected chi connectivity index (χ2v) is 6.10. The summed E-state index contributed by atoms with van der Waals surface area (Å²) in [5.74, 6) is 0.549. The molecule has 0 amide bonds. The lowest BCUT2D eigenvalue weighted by Gasteiger charge is -2.33. The maximum Gasteiger partial charge on any atom is 0.152 e. The van der Waals surface area contributed by atoms with Crippen molar-refractivity contribution in [1.29, 1.82) is 0 Å². The fourth-order valence-corrected chi connectivity index (χ4v) is 3.51. The van der Waals surface area contributed by atoms with Crippen molar-refractivity contribution < 1.29 is 14.3 Å². The van der Waals surface area contributed by atoms with Crippen molar-refractivity contribution in [3.8, 4) is 0 Å². The van der Waals surface area contributed by atoms with Gasteiger partial charge in [0.2, 0.25) is 0 Å². The third kappa shape index (κ3) is 2.60. The van der Waals surface area contributed by atoms with Crippen LogP contribution in [0.5, 0.6) is 0 Å². The van der Waals surface area contributed by atoms with Crippen LogP contribution in [0.4, 0.5) is 0 Å². The first-order chi connectivity index (χ1) is 8.77. The van der Waals surface area contributed by atoms with Gasteiger partial charge in [-0.25, -0.2) is 0 Å². The maximum atomic E-state index is 12.1. The standard InChI is InChI=1S/C14H23NO3/c16-13(12-1-6-18-10-12)9-15-5-2-14(11-15)3-7-17-8-4-14/h12H,1-11H2. The van der Waals surface area contributed by atoms with Gasteiger partial charge >= 0.3 is 0 Å². The molecule has 4 heteroatoms. The number of ketones is 1. The van der Waals surface area contributed by atoms with Crippen LogP contribution in [0.1, 0.15) is 25.7 Å². The van der Waals surface area contributed by atoms with Crippen molar-refractivity contribution in [3.05, 3.63) is 0 Å². The normalized spacial score (nSPS) is 32.1. The van der Waals surface area contributed by atoms with Crippen molar-refractivity contribution in [3.63, 3.8) is 0 Å². The van der Waals surface area contributed by atoms with Gasteiger partial charge in [0.1, 0.15) is 0 Å². The number of rotatable bonds is 3. The SMILES string of the molecule is O=C(CN1CCC2(CCOCC2)C1)C1CCOC1. The minimum absolute atomic E-state index is 0.163. The van der Waals surface area contributed by atoms with E-state index >= 15 is 0 Å². The van der Waals surface area contributed by atoms with E-state index in [2.05, 4.69) is 4.90 Å². The molecule has 3 heterocycles. The second kappa shape index (κ2) is 5.27. The third-order valence-corrected chi connectivity index (χ3v) is 4.84. The molecule has 3 rings (SSSR count). The molecule has 0 saturated carbocycles. The van der Waals surface area contributed by atoms with Crippen LogP contribution >= 0.6 is 0 Å². The van der Waals surface area contributed by atoms with Crippen molar-refractivity contribution in [2.45, 2.75) is 25.7 Å². The Bertz CT molecular complexity index is 306. The summed E-state index contributed by atoms with van der Waals surface area (Å²) < 4.78 is 10.7. The molecule has 0 aromatic rings. The predicted octanol–water partition coefficient (Wildman–Crippen LogP) is 1.09. The van der Waals surface area contributed by atoms with Crippen molar-refractivity contribution in [1.82, 2.24) is 4.90 Å². The molecule has 0 N–H and O–H groups in total. The van der Waals surface area contributed by atoms with E-state index < -0.39 is 0 Å². The Morgan fingerprint density at radius 1 is 1.17 bits per heavy atom. The summed E-state index contributed by atoms with van der Waals surface area (Å²) in [6.07, 6.45) is 4.50. The molecule has 0 aromatic heterocycles. The zero-order chi connectivity index (χ0) is 12.4. The summed E-state index contributed by atoms with van der Waals surface area (Å²) in [4.78, 5) is 14.5. The fourth-order valence-electron chi connectivity index (χ4n) is 3.51. The first kappa shape index (κ1) is 12.6. The molecule has 0 aromatic carbocycles. The molecule has 3 fully saturated rings. The highest BCUT2D eigenvalue weighted by atomic mass is 16.5. The summed E-state index contributed by atoms with van der Waals surface area (Å²) in [6, 6.07) is 0. The molecule has 102 valence electrons. The van der Waals surface area contributed by atoms with Crippen molar-refractivity contribution in [2.24, 2.45) is 11.3 Å². The van der Waals surface area contributed by atoms with Gasteiger partial charge in [-0.15, -0.1) is 0 Å². The molecule has 4 nitrogen and oxygen atoms in total. The Kier molecular flexibility index (Phi) is 3.68. The van der Waals surface area contributed by atoms with Crippen molar-refractivity contribution >= 4 is 5.78 Å². The monoisotopic (exact) mass is 253 g/mol. The zero-order valence-corrected chi connectivity index (χ0v) is 11.0. The molecule has 3 saturated heterocycles. The summed E-state index contributed by atoms with van der Waals surface area (Å²) in [7, 11) is 0. The van der Waals surface area contributed by atoms with E-state index in [-0.39, 0.29) is 5.92 Å². The summed E-state index contributed by atoms with van der Waals surface area (Å²) in [6.45, 7) is 6.02. The van der Waals surface area contributed by atoms with E-state index in [4.69, 9.17) is 9.47 Å². The first-order valence-electron chi connectivity index (χ1n) is 7.18. The Hall–Kier alpha value is -0.450. The van der Waals surface area contributed by atoms with E-state index in [9.17, 15) is 4.79 Å². The molecule has 0 radical (unpaired) electrons. The largest absolute Gasteiger partial charge is 0.381 e. The number of ether oxygens (including phenoxy) is 2. The van der Waals surface area contributed by atoms with Crippen LogP contribution in [-0.2, 0) is 14.3 Å². The molecule has 1 unspecified atom stereocenters. The number of likely N-dealkylation sites (tertiary alicyclic amines) is 1. The lowest BCUT2D eigenvalue weighted by atomic mass is 9.80. The van der Waals surface area contributed by atoms with Gasteiger partial charge in [0.25, 0.3) is 0 Å². The van der Waals surface area contributed by atoms with Crippen LogP contribution < -0.4 is 0 Å². The highest BCUT2D eigenvalue weighted by Crippen LogP contribution is 2.39. The number of carbonyl (C=O) groups is 1. The lowest BCUT2D eigenvalue weighted by molar-refractivity contribution is -0.123. The number of hydrogen-bond acceptors (Lipinski definition) is 4. The zero-order valence-electron chi connectivity index (χ0n) is 11.0. The van der Waals surface area contributed by atoms with Gasteiger partial charge in [0.15, 0.2) is 5.78 Å². The highest BCUT2D eigenvalue weighted by Gasteiger charge is 2.40. The quantitative estimate of drug-likeness (QED) is 0.755. The minimum atomic E-state index is 0.163. The van der Waals surface area contributed by atoms with E-state index in [0.717, 1.165) is 39.3 Å². The summed E-state index contributed by atoms with van der Waals surface area (Å²) in [5, 5.41) is 0. The summed E-state index contributed by atoms with van der Waals surface area (Å²) in [5.41, 5.74) is 0.449.